The molecule has 0 radical (unpaired) electrons. The lowest BCUT2D eigenvalue weighted by molar-refractivity contribution is -0.270. The van der Waals surface area contributed by atoms with Crippen molar-refractivity contribution in [1.82, 2.24) is 5.32 Å². The van der Waals surface area contributed by atoms with Crippen LogP contribution in [0.5, 0.6) is 0 Å². The minimum Gasteiger partial charge on any atom is -0.348 e. The molecule has 1 saturated carbocycles. The van der Waals surface area contributed by atoms with Crippen LogP contribution in [0.25, 0.3) is 0 Å². The van der Waals surface area contributed by atoms with Crippen molar-refractivity contribution in [3.8, 4) is 0 Å². The van der Waals surface area contributed by atoms with Gasteiger partial charge >= 0.3 is 18.0 Å². The number of carbonyl (C=O) groups is 1. The second kappa shape index (κ2) is 4.18. The lowest BCUT2D eigenvalue weighted by Crippen LogP contribution is -2.52. The Morgan fingerprint density at radius 3 is 2.12 bits per heavy atom. The molecule has 94 valence electrons. The summed E-state index contributed by atoms with van der Waals surface area (Å²) in [6, 6.07) is -0.573. The van der Waals surface area contributed by atoms with E-state index < -0.39 is 24.0 Å². The topological polar surface area (TPSA) is 29.1 Å². The summed E-state index contributed by atoms with van der Waals surface area (Å²) < 4.78 is 60.5. The van der Waals surface area contributed by atoms with E-state index in [1.54, 1.807) is 5.32 Å². The van der Waals surface area contributed by atoms with Crippen molar-refractivity contribution < 1.29 is 26.7 Å². The standard InChI is InChI=1S/C9H12F5NO/c1-5-2-3-6(4-5)15-7(16)8(10,11)9(12,13)14/h5-6H,2-4H2,1H3,(H,15,16). The van der Waals surface area contributed by atoms with Gasteiger partial charge in [-0.3, -0.25) is 4.79 Å². The van der Waals surface area contributed by atoms with E-state index in [9.17, 15) is 26.7 Å². The van der Waals surface area contributed by atoms with Gasteiger partial charge in [0, 0.05) is 6.04 Å². The third-order valence-corrected chi connectivity index (χ3v) is 2.67. The highest BCUT2D eigenvalue weighted by Gasteiger charge is 2.63. The summed E-state index contributed by atoms with van der Waals surface area (Å²) in [5, 5.41) is 1.75. The number of hydrogen-bond acceptors (Lipinski definition) is 1. The van der Waals surface area contributed by atoms with Crippen LogP contribution in [0.4, 0.5) is 22.0 Å². The highest BCUT2D eigenvalue weighted by atomic mass is 19.4. The Labute approximate surface area is 89.2 Å². The van der Waals surface area contributed by atoms with E-state index in [2.05, 4.69) is 0 Å². The largest absolute Gasteiger partial charge is 0.463 e. The van der Waals surface area contributed by atoms with Crippen molar-refractivity contribution in [2.45, 2.75) is 44.3 Å². The molecule has 1 rings (SSSR count). The van der Waals surface area contributed by atoms with Gasteiger partial charge < -0.3 is 5.32 Å². The van der Waals surface area contributed by atoms with Crippen LogP contribution in [0, 0.1) is 5.92 Å². The van der Waals surface area contributed by atoms with Crippen molar-refractivity contribution in [2.75, 3.05) is 0 Å². The maximum Gasteiger partial charge on any atom is 0.463 e. The average Bonchev–Trinajstić information content (AvgIpc) is 2.49. The molecule has 2 nitrogen and oxygen atoms in total. The smallest absolute Gasteiger partial charge is 0.348 e. The van der Waals surface area contributed by atoms with E-state index >= 15 is 0 Å². The normalized spacial score (nSPS) is 26.9. The summed E-state index contributed by atoms with van der Waals surface area (Å²) in [5.74, 6) is -7.32. The van der Waals surface area contributed by atoms with Gasteiger partial charge in [-0.25, -0.2) is 0 Å². The zero-order valence-electron chi connectivity index (χ0n) is 8.57. The summed E-state index contributed by atoms with van der Waals surface area (Å²) in [5.41, 5.74) is 0. The molecule has 0 aromatic rings. The molecule has 1 fully saturated rings. The van der Waals surface area contributed by atoms with Gasteiger partial charge in [-0.05, 0) is 25.2 Å². The molecule has 0 spiro atoms. The van der Waals surface area contributed by atoms with Gasteiger partial charge in [-0.1, -0.05) is 6.92 Å². The number of carbonyl (C=O) groups excluding carboxylic acids is 1. The molecule has 1 amide bonds. The monoisotopic (exact) mass is 245 g/mol. The molecule has 2 unspecified atom stereocenters. The van der Waals surface area contributed by atoms with E-state index in [0.29, 0.717) is 12.8 Å². The van der Waals surface area contributed by atoms with E-state index in [0.717, 1.165) is 6.42 Å². The Morgan fingerprint density at radius 2 is 1.75 bits per heavy atom. The maximum atomic E-state index is 12.5. The van der Waals surface area contributed by atoms with Gasteiger partial charge in [0.1, 0.15) is 0 Å². The molecular formula is C9H12F5NO. The SMILES string of the molecule is CC1CCC(NC(=O)C(F)(F)C(F)(F)F)C1. The minimum atomic E-state index is -5.83. The predicted octanol–water partition coefficient (Wildman–Crippen LogP) is 2.49. The molecule has 0 heterocycles. The average molecular weight is 245 g/mol. The quantitative estimate of drug-likeness (QED) is 0.744. The molecule has 7 heteroatoms. The lowest BCUT2D eigenvalue weighted by atomic mass is 10.1. The van der Waals surface area contributed by atoms with Crippen LogP contribution in [-0.4, -0.2) is 24.0 Å². The van der Waals surface area contributed by atoms with E-state index in [1.807, 2.05) is 6.92 Å². The van der Waals surface area contributed by atoms with Crippen LogP contribution in [0.1, 0.15) is 26.2 Å². The summed E-state index contributed by atoms with van der Waals surface area (Å²) in [6.45, 7) is 1.86. The van der Waals surface area contributed by atoms with Crippen LogP contribution in [0.2, 0.25) is 0 Å². The predicted molar refractivity (Wildman–Crippen MR) is 45.9 cm³/mol. The van der Waals surface area contributed by atoms with Gasteiger partial charge in [-0.2, -0.15) is 22.0 Å². The molecule has 1 N–H and O–H groups in total. The van der Waals surface area contributed by atoms with E-state index in [1.165, 1.54) is 0 Å². The number of halogens is 5. The number of hydrogen-bond donors (Lipinski definition) is 1. The Hall–Kier alpha value is -0.880. The first-order valence-corrected chi connectivity index (χ1v) is 4.90. The molecule has 0 aromatic carbocycles. The zero-order valence-corrected chi connectivity index (χ0v) is 8.57. The lowest BCUT2D eigenvalue weighted by Gasteiger charge is -2.21. The van der Waals surface area contributed by atoms with Crippen LogP contribution >= 0.6 is 0 Å². The van der Waals surface area contributed by atoms with Crippen molar-refractivity contribution in [1.29, 1.82) is 0 Å². The number of nitrogens with one attached hydrogen (secondary N) is 1. The first-order valence-electron chi connectivity index (χ1n) is 4.90. The van der Waals surface area contributed by atoms with E-state index in [4.69, 9.17) is 0 Å². The van der Waals surface area contributed by atoms with Gasteiger partial charge in [0.25, 0.3) is 0 Å². The zero-order chi connectivity index (χ0) is 12.6. The first-order chi connectivity index (χ1) is 7.14. The summed E-state index contributed by atoms with van der Waals surface area (Å²) in [7, 11) is 0. The van der Waals surface area contributed by atoms with Crippen LogP contribution in [0.15, 0.2) is 0 Å². The molecule has 0 saturated heterocycles. The summed E-state index contributed by atoms with van der Waals surface area (Å²) in [6.07, 6.45) is -4.22. The third kappa shape index (κ3) is 2.62. The molecule has 0 aliphatic heterocycles. The maximum absolute atomic E-state index is 12.5. The first kappa shape index (κ1) is 13.2. The Morgan fingerprint density at radius 1 is 1.19 bits per heavy atom. The molecule has 2 atom stereocenters. The Balaban J connectivity index is 2.59. The molecular weight excluding hydrogens is 233 g/mol. The molecule has 1 aliphatic carbocycles. The Bertz CT molecular complexity index is 276. The van der Waals surface area contributed by atoms with Crippen LogP contribution in [-0.2, 0) is 4.79 Å². The second-order valence-corrected chi connectivity index (χ2v) is 4.16. The third-order valence-electron chi connectivity index (χ3n) is 2.67. The molecule has 0 aromatic heterocycles. The molecule has 0 bridgehead atoms. The van der Waals surface area contributed by atoms with Crippen molar-refractivity contribution in [3.63, 3.8) is 0 Å². The van der Waals surface area contributed by atoms with Crippen molar-refractivity contribution in [2.24, 2.45) is 5.92 Å². The number of amides is 1. The van der Waals surface area contributed by atoms with Crippen molar-refractivity contribution in [3.05, 3.63) is 0 Å². The summed E-state index contributed by atoms with van der Waals surface area (Å²) >= 11 is 0. The van der Waals surface area contributed by atoms with Crippen LogP contribution in [0.3, 0.4) is 0 Å². The van der Waals surface area contributed by atoms with Crippen LogP contribution < -0.4 is 5.32 Å². The second-order valence-electron chi connectivity index (χ2n) is 4.16. The summed E-state index contributed by atoms with van der Waals surface area (Å²) in [4.78, 5) is 10.8. The minimum absolute atomic E-state index is 0.241. The van der Waals surface area contributed by atoms with Gasteiger partial charge in [0.2, 0.25) is 0 Å². The fraction of sp³-hybridized carbons (Fsp3) is 0.889. The Kier molecular flexibility index (Phi) is 3.44. The molecule has 16 heavy (non-hydrogen) atoms. The van der Waals surface area contributed by atoms with Gasteiger partial charge in [0.05, 0.1) is 0 Å². The highest BCUT2D eigenvalue weighted by molar-refractivity contribution is 5.84. The highest BCUT2D eigenvalue weighted by Crippen LogP contribution is 2.36. The number of rotatable bonds is 2. The number of alkyl halides is 5. The fourth-order valence-electron chi connectivity index (χ4n) is 1.74. The van der Waals surface area contributed by atoms with Gasteiger partial charge in [-0.15, -0.1) is 0 Å². The van der Waals surface area contributed by atoms with E-state index in [-0.39, 0.29) is 5.92 Å². The fourth-order valence-corrected chi connectivity index (χ4v) is 1.74. The van der Waals surface area contributed by atoms with Crippen molar-refractivity contribution >= 4 is 5.91 Å². The molecule has 1 aliphatic rings. The van der Waals surface area contributed by atoms with Gasteiger partial charge in [0.15, 0.2) is 0 Å².